The molecule has 2 atom stereocenters. The topological polar surface area (TPSA) is 58.4 Å². The van der Waals surface area contributed by atoms with Crippen molar-refractivity contribution in [1.82, 2.24) is 14.8 Å². The lowest BCUT2D eigenvalue weighted by Crippen LogP contribution is -2.25. The summed E-state index contributed by atoms with van der Waals surface area (Å²) in [6.45, 7) is 1.57. The van der Waals surface area contributed by atoms with Gasteiger partial charge in [-0.15, -0.1) is 20.4 Å². The van der Waals surface area contributed by atoms with Gasteiger partial charge in [0.15, 0.2) is 22.9 Å². The molecule has 1 aliphatic carbocycles. The molecule has 3 aromatic rings. The van der Waals surface area contributed by atoms with Crippen molar-refractivity contribution >= 4 is 23.6 Å². The molecule has 5 rings (SSSR count). The van der Waals surface area contributed by atoms with Crippen LogP contribution in [-0.4, -0.2) is 21.1 Å². The molecule has 14 heteroatoms. The van der Waals surface area contributed by atoms with Crippen molar-refractivity contribution in [2.75, 3.05) is 0 Å². The van der Waals surface area contributed by atoms with Crippen molar-refractivity contribution in [3.05, 3.63) is 58.9 Å². The molecule has 3 heterocycles. The van der Waals surface area contributed by atoms with E-state index in [1.165, 1.54) is 18.5 Å². The first-order valence-electron chi connectivity index (χ1n) is 10.6. The van der Waals surface area contributed by atoms with E-state index in [1.54, 1.807) is 6.92 Å². The highest BCUT2D eigenvalue weighted by molar-refractivity contribution is 7.95. The van der Waals surface area contributed by atoms with Crippen molar-refractivity contribution in [2.24, 2.45) is 0 Å². The zero-order valence-corrected chi connectivity index (χ0v) is 19.9. The van der Waals surface area contributed by atoms with Gasteiger partial charge in [-0.1, -0.05) is 0 Å². The number of nitrogens with zero attached hydrogens (tertiary/aromatic N) is 3. The zero-order valence-electron chi connectivity index (χ0n) is 18.3. The van der Waals surface area contributed by atoms with E-state index in [0.717, 1.165) is 28.9 Å². The fourth-order valence-corrected chi connectivity index (χ4v) is 5.11. The maximum Gasteiger partial charge on any atom is 0.586 e. The standard InChI is InChI=1S/C22H16ClF6N3O3S/c1-10(14-6-17-18(7-16(14)24)34-22(28,29)33-17)36-35-12-5-11(8-30-9-12)32-19-13(3-2-4-15(19)23)20(31-32)21(25,26)27/h5-10,15H,2-4H2,1H3. The van der Waals surface area contributed by atoms with Gasteiger partial charge in [0.1, 0.15) is 5.82 Å². The van der Waals surface area contributed by atoms with E-state index in [0.29, 0.717) is 12.8 Å². The summed E-state index contributed by atoms with van der Waals surface area (Å²) in [6, 6.07) is 3.32. The molecule has 6 nitrogen and oxygen atoms in total. The lowest BCUT2D eigenvalue weighted by molar-refractivity contribution is -0.286. The van der Waals surface area contributed by atoms with Crippen LogP contribution in [0.3, 0.4) is 0 Å². The lowest BCUT2D eigenvalue weighted by atomic mass is 9.95. The molecule has 0 saturated carbocycles. The van der Waals surface area contributed by atoms with Crippen LogP contribution in [0.4, 0.5) is 26.3 Å². The van der Waals surface area contributed by atoms with E-state index >= 15 is 0 Å². The van der Waals surface area contributed by atoms with Crippen LogP contribution in [0.1, 0.15) is 52.9 Å². The Labute approximate surface area is 209 Å². The molecule has 2 unspecified atom stereocenters. The van der Waals surface area contributed by atoms with Crippen molar-refractivity contribution in [3.63, 3.8) is 0 Å². The van der Waals surface area contributed by atoms with Crippen LogP contribution in [0.5, 0.6) is 17.2 Å². The zero-order chi connectivity index (χ0) is 25.8. The van der Waals surface area contributed by atoms with E-state index in [4.69, 9.17) is 15.8 Å². The third-order valence-electron chi connectivity index (χ3n) is 5.66. The number of aromatic nitrogens is 3. The highest BCUT2D eigenvalue weighted by atomic mass is 35.5. The first-order valence-corrected chi connectivity index (χ1v) is 11.9. The molecule has 2 aromatic heterocycles. The summed E-state index contributed by atoms with van der Waals surface area (Å²) in [4.78, 5) is 4.02. The fraction of sp³-hybridized carbons (Fsp3) is 0.364. The van der Waals surface area contributed by atoms with Gasteiger partial charge in [0.05, 0.1) is 46.4 Å². The molecule has 1 aromatic carbocycles. The van der Waals surface area contributed by atoms with Crippen LogP contribution in [0, 0.1) is 5.82 Å². The Balaban J connectivity index is 1.38. The Morgan fingerprint density at radius 2 is 1.92 bits per heavy atom. The Bertz CT molecular complexity index is 1320. The molecule has 0 amide bonds. The molecule has 0 fully saturated rings. The molecule has 0 radical (unpaired) electrons. The molecular formula is C22H16ClF6N3O3S. The molecule has 0 bridgehead atoms. The molecule has 2 aliphatic rings. The van der Waals surface area contributed by atoms with E-state index in [9.17, 15) is 26.3 Å². The Hall–Kier alpha value is -2.80. The smallest absolute Gasteiger partial charge is 0.423 e. The van der Waals surface area contributed by atoms with Gasteiger partial charge in [-0.05, 0) is 32.3 Å². The summed E-state index contributed by atoms with van der Waals surface area (Å²) >= 11 is 7.15. The number of fused-ring (bicyclic) bond motifs is 2. The van der Waals surface area contributed by atoms with Crippen LogP contribution in [-0.2, 0) is 12.6 Å². The fourth-order valence-electron chi connectivity index (χ4n) is 4.10. The van der Waals surface area contributed by atoms with E-state index in [-0.39, 0.29) is 40.4 Å². The largest absolute Gasteiger partial charge is 0.586 e. The highest BCUT2D eigenvalue weighted by Crippen LogP contribution is 2.45. The number of benzene rings is 1. The average Bonchev–Trinajstić information content (AvgIpc) is 3.34. The molecular weight excluding hydrogens is 536 g/mol. The maximum absolute atomic E-state index is 14.5. The first-order chi connectivity index (χ1) is 16.9. The van der Waals surface area contributed by atoms with Crippen molar-refractivity contribution in [1.29, 1.82) is 0 Å². The lowest BCUT2D eigenvalue weighted by Gasteiger charge is -2.20. The van der Waals surface area contributed by atoms with Crippen molar-refractivity contribution in [3.8, 4) is 22.9 Å². The first kappa shape index (κ1) is 24.9. The van der Waals surface area contributed by atoms with Gasteiger partial charge >= 0.3 is 12.5 Å². The van der Waals surface area contributed by atoms with Crippen LogP contribution in [0.25, 0.3) is 5.69 Å². The Morgan fingerprint density at radius 3 is 2.64 bits per heavy atom. The third kappa shape index (κ3) is 4.65. The summed E-state index contributed by atoms with van der Waals surface area (Å²) < 4.78 is 97.1. The number of hydrogen-bond acceptors (Lipinski definition) is 6. The number of rotatable bonds is 5. The predicted octanol–water partition coefficient (Wildman–Crippen LogP) is 7.15. The number of hydrogen-bond donors (Lipinski definition) is 0. The number of alkyl halides is 6. The van der Waals surface area contributed by atoms with Gasteiger partial charge in [0.25, 0.3) is 0 Å². The summed E-state index contributed by atoms with van der Waals surface area (Å²) in [5.74, 6) is -1.39. The van der Waals surface area contributed by atoms with Crippen LogP contribution >= 0.6 is 23.6 Å². The van der Waals surface area contributed by atoms with Gasteiger partial charge in [-0.25, -0.2) is 9.07 Å². The monoisotopic (exact) mass is 551 g/mol. The van der Waals surface area contributed by atoms with Gasteiger partial charge in [0.2, 0.25) is 0 Å². The van der Waals surface area contributed by atoms with E-state index in [1.807, 2.05) is 0 Å². The maximum atomic E-state index is 14.5. The quantitative estimate of drug-likeness (QED) is 0.191. The minimum atomic E-state index is -4.64. The summed E-state index contributed by atoms with van der Waals surface area (Å²) in [6.07, 6.45) is -4.66. The number of pyridine rings is 1. The molecule has 1 aliphatic heterocycles. The minimum absolute atomic E-state index is 0.0186. The van der Waals surface area contributed by atoms with Crippen molar-refractivity contribution in [2.45, 2.75) is 49.3 Å². The van der Waals surface area contributed by atoms with E-state index in [2.05, 4.69) is 19.6 Å². The Morgan fingerprint density at radius 1 is 1.19 bits per heavy atom. The highest BCUT2D eigenvalue weighted by Gasteiger charge is 2.44. The van der Waals surface area contributed by atoms with Crippen molar-refractivity contribution < 1.29 is 40.0 Å². The average molecular weight is 552 g/mol. The van der Waals surface area contributed by atoms with Crippen LogP contribution < -0.4 is 13.7 Å². The number of ether oxygens (including phenoxy) is 2. The second-order valence-electron chi connectivity index (χ2n) is 8.17. The minimum Gasteiger partial charge on any atom is -0.423 e. The second-order valence-corrected chi connectivity index (χ2v) is 9.76. The summed E-state index contributed by atoms with van der Waals surface area (Å²) in [5.41, 5.74) is -0.441. The predicted molar refractivity (Wildman–Crippen MR) is 117 cm³/mol. The molecule has 192 valence electrons. The van der Waals surface area contributed by atoms with Gasteiger partial charge in [-0.2, -0.15) is 18.3 Å². The Kier molecular flexibility index (Phi) is 6.18. The molecule has 0 saturated heterocycles. The SMILES string of the molecule is CC(SOc1cncc(-n2nc(C(F)(F)F)c3c2C(Cl)CCC3)c1)c1cc2c(cc1F)OC(F)(F)O2. The number of halogens is 7. The molecule has 36 heavy (non-hydrogen) atoms. The van der Waals surface area contributed by atoms with Crippen LogP contribution in [0.15, 0.2) is 30.6 Å². The normalized spacial score (nSPS) is 19.2. The summed E-state index contributed by atoms with van der Waals surface area (Å²) in [5, 5.41) is 2.44. The molecule has 0 N–H and O–H groups in total. The third-order valence-corrected chi connectivity index (χ3v) is 6.92. The van der Waals surface area contributed by atoms with Crippen LogP contribution in [0.2, 0.25) is 0 Å². The second kappa shape index (κ2) is 8.94. The van der Waals surface area contributed by atoms with Gasteiger partial charge < -0.3 is 13.7 Å². The van der Waals surface area contributed by atoms with Gasteiger partial charge in [0, 0.05) is 23.3 Å². The summed E-state index contributed by atoms with van der Waals surface area (Å²) in [7, 11) is 0. The van der Waals surface area contributed by atoms with Gasteiger partial charge in [-0.3, -0.25) is 4.98 Å². The molecule has 0 spiro atoms. The van der Waals surface area contributed by atoms with E-state index < -0.39 is 40.4 Å².